The van der Waals surface area contributed by atoms with Gasteiger partial charge < -0.3 is 5.32 Å². The molecule has 0 saturated heterocycles. The first-order chi connectivity index (χ1) is 14.6. The van der Waals surface area contributed by atoms with Gasteiger partial charge in [-0.05, 0) is 49.4 Å². The Hall–Kier alpha value is -2.86. The van der Waals surface area contributed by atoms with Crippen LogP contribution in [0.4, 0.5) is 0 Å². The van der Waals surface area contributed by atoms with Crippen LogP contribution in [0.1, 0.15) is 36.9 Å². The predicted molar refractivity (Wildman–Crippen MR) is 122 cm³/mol. The highest BCUT2D eigenvalue weighted by Crippen LogP contribution is 2.30. The fourth-order valence-corrected chi connectivity index (χ4v) is 4.86. The van der Waals surface area contributed by atoms with Gasteiger partial charge in [-0.25, -0.2) is 4.98 Å². The lowest BCUT2D eigenvalue weighted by Crippen LogP contribution is -2.36. The number of carbonyl (C=O) groups is 1. The summed E-state index contributed by atoms with van der Waals surface area (Å²) in [5.41, 5.74) is 3.04. The summed E-state index contributed by atoms with van der Waals surface area (Å²) in [4.78, 5) is 30.5. The normalized spacial score (nSPS) is 16.6. The number of benzene rings is 2. The largest absolute Gasteiger partial charge is 0.348 e. The molecule has 1 aliphatic rings. The third kappa shape index (κ3) is 4.05. The Kier molecular flexibility index (Phi) is 6.04. The molecule has 154 valence electrons. The molecule has 5 nitrogen and oxygen atoms in total. The van der Waals surface area contributed by atoms with E-state index < -0.39 is 0 Å². The molecule has 4 rings (SSSR count). The summed E-state index contributed by atoms with van der Waals surface area (Å²) in [6, 6.07) is 15.6. The Balaban J connectivity index is 1.56. The smallest absolute Gasteiger partial charge is 0.262 e. The molecule has 0 unspecified atom stereocenters. The SMILES string of the molecule is C=CCn1c(S[C@@H](C)C(=O)N[C@H]2CCCc3ccccc32)nc2ccccc2c1=O. The lowest BCUT2D eigenvalue weighted by Gasteiger charge is -2.27. The minimum absolute atomic E-state index is 0.0328. The Morgan fingerprint density at radius 1 is 1.30 bits per heavy atom. The number of fused-ring (bicyclic) bond motifs is 2. The monoisotopic (exact) mass is 419 g/mol. The maximum atomic E-state index is 13.0. The van der Waals surface area contributed by atoms with E-state index in [4.69, 9.17) is 0 Å². The van der Waals surface area contributed by atoms with Crippen LogP contribution in [0.2, 0.25) is 0 Å². The van der Waals surface area contributed by atoms with Crippen molar-refractivity contribution in [1.29, 1.82) is 0 Å². The van der Waals surface area contributed by atoms with Gasteiger partial charge in [0, 0.05) is 6.54 Å². The number of allylic oxidation sites excluding steroid dienone is 1. The van der Waals surface area contributed by atoms with Crippen LogP contribution in [-0.2, 0) is 17.8 Å². The topological polar surface area (TPSA) is 64.0 Å². The lowest BCUT2D eigenvalue weighted by atomic mass is 9.88. The van der Waals surface area contributed by atoms with Crippen molar-refractivity contribution < 1.29 is 4.79 Å². The van der Waals surface area contributed by atoms with Gasteiger partial charge in [0.15, 0.2) is 5.16 Å². The highest BCUT2D eigenvalue weighted by Gasteiger charge is 2.25. The lowest BCUT2D eigenvalue weighted by molar-refractivity contribution is -0.121. The van der Waals surface area contributed by atoms with Crippen molar-refractivity contribution in [3.8, 4) is 0 Å². The van der Waals surface area contributed by atoms with Gasteiger partial charge in [0.05, 0.1) is 22.2 Å². The number of hydrogen-bond acceptors (Lipinski definition) is 4. The van der Waals surface area contributed by atoms with Crippen molar-refractivity contribution in [2.24, 2.45) is 0 Å². The maximum absolute atomic E-state index is 13.0. The molecule has 0 aliphatic heterocycles. The number of aryl methyl sites for hydroxylation is 1. The molecule has 1 heterocycles. The first kappa shape index (κ1) is 20.4. The number of aromatic nitrogens is 2. The molecular weight excluding hydrogens is 394 g/mol. The van der Waals surface area contributed by atoms with Crippen LogP contribution < -0.4 is 10.9 Å². The average Bonchev–Trinajstić information content (AvgIpc) is 2.76. The molecule has 0 bridgehead atoms. The highest BCUT2D eigenvalue weighted by molar-refractivity contribution is 8.00. The number of nitrogens with one attached hydrogen (secondary N) is 1. The van der Waals surface area contributed by atoms with Crippen LogP contribution in [0.5, 0.6) is 0 Å². The van der Waals surface area contributed by atoms with Gasteiger partial charge in [-0.15, -0.1) is 6.58 Å². The molecule has 0 spiro atoms. The van der Waals surface area contributed by atoms with Crippen LogP contribution in [0, 0.1) is 0 Å². The van der Waals surface area contributed by atoms with E-state index >= 15 is 0 Å². The standard InChI is InChI=1S/C24H25N3O2S/c1-3-15-27-23(29)19-12-6-7-13-21(19)26-24(27)30-16(2)22(28)25-20-14-8-10-17-9-4-5-11-18(17)20/h3-7,9,11-13,16,20H,1,8,10,14-15H2,2H3,(H,25,28)/t16-,20-/m0/s1. The van der Waals surface area contributed by atoms with Gasteiger partial charge in [-0.2, -0.15) is 0 Å². The number of amides is 1. The van der Waals surface area contributed by atoms with Gasteiger partial charge in [0.1, 0.15) is 0 Å². The van der Waals surface area contributed by atoms with Crippen LogP contribution in [0.25, 0.3) is 10.9 Å². The maximum Gasteiger partial charge on any atom is 0.262 e. The molecule has 30 heavy (non-hydrogen) atoms. The Morgan fingerprint density at radius 3 is 2.90 bits per heavy atom. The van der Waals surface area contributed by atoms with E-state index in [1.54, 1.807) is 16.7 Å². The zero-order chi connectivity index (χ0) is 21.1. The third-order valence-electron chi connectivity index (χ3n) is 5.48. The van der Waals surface area contributed by atoms with Crippen molar-refractivity contribution >= 4 is 28.6 Å². The fourth-order valence-electron chi connectivity index (χ4n) is 3.93. The van der Waals surface area contributed by atoms with Gasteiger partial charge in [0.2, 0.25) is 5.91 Å². The molecule has 2 aromatic carbocycles. The number of hydrogen-bond donors (Lipinski definition) is 1. The van der Waals surface area contributed by atoms with Crippen molar-refractivity contribution in [3.05, 3.63) is 82.7 Å². The number of rotatable bonds is 6. The van der Waals surface area contributed by atoms with E-state index in [0.29, 0.717) is 22.6 Å². The second kappa shape index (κ2) is 8.88. The highest BCUT2D eigenvalue weighted by atomic mass is 32.2. The van der Waals surface area contributed by atoms with Crippen LogP contribution in [0.15, 0.2) is 71.1 Å². The molecule has 0 saturated carbocycles. The summed E-state index contributed by atoms with van der Waals surface area (Å²) in [5, 5.41) is 3.92. The molecule has 1 aromatic heterocycles. The van der Waals surface area contributed by atoms with Crippen LogP contribution in [0.3, 0.4) is 0 Å². The third-order valence-corrected chi connectivity index (χ3v) is 6.57. The summed E-state index contributed by atoms with van der Waals surface area (Å²) in [7, 11) is 0. The zero-order valence-electron chi connectivity index (χ0n) is 17.0. The van der Waals surface area contributed by atoms with E-state index in [2.05, 4.69) is 29.0 Å². The molecule has 1 amide bonds. The van der Waals surface area contributed by atoms with Crippen molar-refractivity contribution in [2.45, 2.75) is 49.2 Å². The molecule has 0 fully saturated rings. The van der Waals surface area contributed by atoms with Crippen LogP contribution in [-0.4, -0.2) is 20.7 Å². The zero-order valence-corrected chi connectivity index (χ0v) is 17.8. The molecular formula is C24H25N3O2S. The summed E-state index contributed by atoms with van der Waals surface area (Å²) >= 11 is 1.31. The predicted octanol–water partition coefficient (Wildman–Crippen LogP) is 4.26. The minimum Gasteiger partial charge on any atom is -0.348 e. The quantitative estimate of drug-likeness (QED) is 0.368. The van der Waals surface area contributed by atoms with Gasteiger partial charge in [-0.3, -0.25) is 14.2 Å². The molecule has 2 atom stereocenters. The Labute approximate surface area is 180 Å². The molecule has 6 heteroatoms. The van der Waals surface area contributed by atoms with Crippen molar-refractivity contribution in [2.75, 3.05) is 0 Å². The van der Waals surface area contributed by atoms with Crippen LogP contribution >= 0.6 is 11.8 Å². The van der Waals surface area contributed by atoms with E-state index in [9.17, 15) is 9.59 Å². The van der Waals surface area contributed by atoms with Gasteiger partial charge in [-0.1, -0.05) is 54.2 Å². The molecule has 1 aliphatic carbocycles. The summed E-state index contributed by atoms with van der Waals surface area (Å²) < 4.78 is 1.58. The number of carbonyl (C=O) groups excluding carboxylic acids is 1. The first-order valence-electron chi connectivity index (χ1n) is 10.2. The molecule has 0 radical (unpaired) electrons. The van der Waals surface area contributed by atoms with Gasteiger partial charge in [0.25, 0.3) is 5.56 Å². The Morgan fingerprint density at radius 2 is 2.07 bits per heavy atom. The minimum atomic E-state index is -0.386. The van der Waals surface area contributed by atoms with E-state index in [-0.39, 0.29) is 22.8 Å². The summed E-state index contributed by atoms with van der Waals surface area (Å²) in [5.74, 6) is -0.0470. The van der Waals surface area contributed by atoms with E-state index in [1.165, 1.54) is 22.9 Å². The number of thioether (sulfide) groups is 1. The van der Waals surface area contributed by atoms with Gasteiger partial charge >= 0.3 is 0 Å². The fraction of sp³-hybridized carbons (Fsp3) is 0.292. The van der Waals surface area contributed by atoms with Crippen molar-refractivity contribution in [3.63, 3.8) is 0 Å². The number of nitrogens with zero attached hydrogens (tertiary/aromatic N) is 2. The molecule has 1 N–H and O–H groups in total. The first-order valence-corrected chi connectivity index (χ1v) is 11.1. The second-order valence-corrected chi connectivity index (χ2v) is 8.84. The summed E-state index contributed by atoms with van der Waals surface area (Å²) in [6.45, 7) is 5.96. The Bertz CT molecular complexity index is 1150. The van der Waals surface area contributed by atoms with Crippen molar-refractivity contribution in [1.82, 2.24) is 14.9 Å². The second-order valence-electron chi connectivity index (χ2n) is 7.53. The average molecular weight is 420 g/mol. The van der Waals surface area contributed by atoms with E-state index in [0.717, 1.165) is 19.3 Å². The van der Waals surface area contributed by atoms with E-state index in [1.807, 2.05) is 37.3 Å². The summed E-state index contributed by atoms with van der Waals surface area (Å²) in [6.07, 6.45) is 4.73. The molecule has 3 aromatic rings. The number of para-hydroxylation sites is 1.